The molecule has 4 rings (SSSR count). The van der Waals surface area contributed by atoms with Gasteiger partial charge in [-0.2, -0.15) is 5.10 Å². The minimum absolute atomic E-state index is 0.133. The van der Waals surface area contributed by atoms with Gasteiger partial charge in [0.1, 0.15) is 0 Å². The molecule has 4 heteroatoms. The van der Waals surface area contributed by atoms with Crippen LogP contribution in [0, 0.1) is 0 Å². The van der Waals surface area contributed by atoms with Crippen molar-refractivity contribution in [1.82, 2.24) is 0 Å². The van der Waals surface area contributed by atoms with E-state index in [2.05, 4.69) is 22.3 Å². The maximum Gasteiger partial charge on any atom is 0.279 e. The van der Waals surface area contributed by atoms with E-state index in [1.54, 1.807) is 18.2 Å². The Morgan fingerprint density at radius 3 is 2.58 bits per heavy atom. The molecule has 1 aliphatic heterocycles. The summed E-state index contributed by atoms with van der Waals surface area (Å²) in [7, 11) is 1.75. The number of nitrogens with zero attached hydrogens (tertiary/aromatic N) is 3. The van der Waals surface area contributed by atoms with Crippen molar-refractivity contribution in [3.63, 3.8) is 0 Å². The van der Waals surface area contributed by atoms with Crippen molar-refractivity contribution >= 4 is 34.3 Å². The first-order chi connectivity index (χ1) is 11.8. The molecule has 0 N–H and O–H groups in total. The molecule has 116 valence electrons. The summed E-state index contributed by atoms with van der Waals surface area (Å²) in [4.78, 5) is 13.9. The lowest BCUT2D eigenvalue weighted by Gasteiger charge is -2.07. The fraction of sp³-hybridized carbons (Fsp3) is 0.0500. The second-order valence-electron chi connectivity index (χ2n) is 5.64. The molecule has 4 nitrogen and oxygen atoms in total. The Morgan fingerprint density at radius 1 is 0.917 bits per heavy atom. The lowest BCUT2D eigenvalue weighted by Crippen LogP contribution is -2.25. The molecule has 1 aliphatic rings. The molecule has 0 bridgehead atoms. The van der Waals surface area contributed by atoms with Gasteiger partial charge in [0.15, 0.2) is 5.71 Å². The molecule has 1 amide bonds. The zero-order chi connectivity index (χ0) is 16.5. The van der Waals surface area contributed by atoms with Gasteiger partial charge in [-0.1, -0.05) is 60.7 Å². The third-order valence-corrected chi connectivity index (χ3v) is 4.21. The Hall–Kier alpha value is -3.27. The summed E-state index contributed by atoms with van der Waals surface area (Å²) < 4.78 is 0. The second kappa shape index (κ2) is 5.74. The SMILES string of the molecule is CN1C(=O)/C(=N/N=C\c2cccc3ccccc23)c2ccccc21. The molecule has 1 heterocycles. The predicted molar refractivity (Wildman–Crippen MR) is 97.9 cm³/mol. The maximum atomic E-state index is 12.3. The highest BCUT2D eigenvalue weighted by atomic mass is 16.2. The number of carbonyl (C=O) groups is 1. The average Bonchev–Trinajstić information content (AvgIpc) is 2.87. The van der Waals surface area contributed by atoms with E-state index < -0.39 is 0 Å². The van der Waals surface area contributed by atoms with Gasteiger partial charge in [0.05, 0.1) is 11.9 Å². The van der Waals surface area contributed by atoms with Gasteiger partial charge in [0, 0.05) is 18.2 Å². The zero-order valence-electron chi connectivity index (χ0n) is 13.2. The highest BCUT2D eigenvalue weighted by Gasteiger charge is 2.30. The highest BCUT2D eigenvalue weighted by molar-refractivity contribution is 6.54. The van der Waals surface area contributed by atoms with Crippen LogP contribution in [0.5, 0.6) is 0 Å². The van der Waals surface area contributed by atoms with Crippen LogP contribution < -0.4 is 4.90 Å². The number of para-hydroxylation sites is 1. The lowest BCUT2D eigenvalue weighted by molar-refractivity contribution is -0.111. The number of benzene rings is 3. The molecule has 0 atom stereocenters. The molecule has 0 saturated heterocycles. The van der Waals surface area contributed by atoms with Crippen LogP contribution in [0.2, 0.25) is 0 Å². The standard InChI is InChI=1S/C20H15N3O/c1-23-18-12-5-4-11-17(18)19(20(23)24)22-21-13-15-9-6-8-14-7-2-3-10-16(14)15/h2-13H,1H3/b21-13-,22-19+. The van der Waals surface area contributed by atoms with Gasteiger partial charge in [-0.25, -0.2) is 0 Å². The van der Waals surface area contributed by atoms with Gasteiger partial charge in [-0.05, 0) is 16.8 Å². The summed E-state index contributed by atoms with van der Waals surface area (Å²) in [5.74, 6) is -0.133. The Kier molecular flexibility index (Phi) is 3.43. The van der Waals surface area contributed by atoms with Gasteiger partial charge in [-0.3, -0.25) is 4.79 Å². The van der Waals surface area contributed by atoms with Gasteiger partial charge >= 0.3 is 0 Å². The van der Waals surface area contributed by atoms with Crippen LogP contribution in [0.15, 0.2) is 76.9 Å². The van der Waals surface area contributed by atoms with E-state index >= 15 is 0 Å². The molecule has 0 saturated carbocycles. The molecular weight excluding hydrogens is 298 g/mol. The van der Waals surface area contributed by atoms with E-state index in [0.29, 0.717) is 5.71 Å². The monoisotopic (exact) mass is 313 g/mol. The predicted octanol–water partition coefficient (Wildman–Crippen LogP) is 3.64. The number of fused-ring (bicyclic) bond motifs is 2. The normalized spacial score (nSPS) is 15.6. The number of likely N-dealkylation sites (N-methyl/N-ethyl adjacent to an activating group) is 1. The summed E-state index contributed by atoms with van der Waals surface area (Å²) in [5.41, 5.74) is 3.04. The fourth-order valence-electron chi connectivity index (χ4n) is 2.96. The van der Waals surface area contributed by atoms with E-state index in [0.717, 1.165) is 27.6 Å². The summed E-state index contributed by atoms with van der Waals surface area (Å²) in [6, 6.07) is 21.8. The molecule has 0 aromatic heterocycles. The topological polar surface area (TPSA) is 45.0 Å². The molecule has 24 heavy (non-hydrogen) atoms. The molecule has 0 fully saturated rings. The Labute approximate surface area is 139 Å². The molecule has 3 aromatic carbocycles. The van der Waals surface area contributed by atoms with E-state index in [4.69, 9.17) is 0 Å². The summed E-state index contributed by atoms with van der Waals surface area (Å²) in [6.07, 6.45) is 1.70. The Bertz CT molecular complexity index is 999. The highest BCUT2D eigenvalue weighted by Crippen LogP contribution is 2.27. The van der Waals surface area contributed by atoms with Gasteiger partial charge in [0.25, 0.3) is 5.91 Å². The van der Waals surface area contributed by atoms with Crippen LogP contribution in [0.1, 0.15) is 11.1 Å². The summed E-state index contributed by atoms with van der Waals surface area (Å²) in [6.45, 7) is 0. The van der Waals surface area contributed by atoms with Crippen LogP contribution in [-0.2, 0) is 4.79 Å². The minimum atomic E-state index is -0.133. The van der Waals surface area contributed by atoms with Crippen LogP contribution in [0.25, 0.3) is 10.8 Å². The number of anilines is 1. The molecular formula is C20H15N3O. The summed E-state index contributed by atoms with van der Waals surface area (Å²) in [5, 5.41) is 10.6. The number of hydrogen-bond donors (Lipinski definition) is 0. The van der Waals surface area contributed by atoms with Crippen molar-refractivity contribution in [2.24, 2.45) is 10.2 Å². The van der Waals surface area contributed by atoms with Crippen LogP contribution in [0.3, 0.4) is 0 Å². The van der Waals surface area contributed by atoms with Crippen molar-refractivity contribution in [3.05, 3.63) is 77.9 Å². The molecule has 0 radical (unpaired) electrons. The van der Waals surface area contributed by atoms with Crippen molar-refractivity contribution in [2.45, 2.75) is 0 Å². The van der Waals surface area contributed by atoms with E-state index in [1.165, 1.54) is 0 Å². The quantitative estimate of drug-likeness (QED) is 0.526. The third-order valence-electron chi connectivity index (χ3n) is 4.21. The molecule has 0 spiro atoms. The van der Waals surface area contributed by atoms with Crippen molar-refractivity contribution in [3.8, 4) is 0 Å². The van der Waals surface area contributed by atoms with Crippen molar-refractivity contribution in [2.75, 3.05) is 11.9 Å². The third kappa shape index (κ3) is 2.29. The number of hydrogen-bond acceptors (Lipinski definition) is 3. The molecule has 3 aromatic rings. The van der Waals surface area contributed by atoms with Gasteiger partial charge in [-0.15, -0.1) is 5.10 Å². The first kappa shape index (κ1) is 14.3. The van der Waals surface area contributed by atoms with Crippen LogP contribution in [-0.4, -0.2) is 24.9 Å². The molecule has 0 aliphatic carbocycles. The van der Waals surface area contributed by atoms with Crippen LogP contribution >= 0.6 is 0 Å². The average molecular weight is 313 g/mol. The molecule has 0 unspecified atom stereocenters. The number of amides is 1. The first-order valence-electron chi connectivity index (χ1n) is 7.72. The number of rotatable bonds is 2. The largest absolute Gasteiger partial charge is 0.309 e. The maximum absolute atomic E-state index is 12.3. The lowest BCUT2D eigenvalue weighted by atomic mass is 10.1. The fourth-order valence-corrected chi connectivity index (χ4v) is 2.96. The smallest absolute Gasteiger partial charge is 0.279 e. The van der Waals surface area contributed by atoms with E-state index in [9.17, 15) is 4.79 Å². The van der Waals surface area contributed by atoms with E-state index in [1.807, 2.05) is 54.6 Å². The Balaban J connectivity index is 1.72. The zero-order valence-corrected chi connectivity index (χ0v) is 13.2. The van der Waals surface area contributed by atoms with Gasteiger partial charge < -0.3 is 4.90 Å². The summed E-state index contributed by atoms with van der Waals surface area (Å²) >= 11 is 0. The van der Waals surface area contributed by atoms with Crippen molar-refractivity contribution < 1.29 is 4.79 Å². The van der Waals surface area contributed by atoms with Crippen LogP contribution in [0.4, 0.5) is 5.69 Å². The number of carbonyl (C=O) groups excluding carboxylic acids is 1. The van der Waals surface area contributed by atoms with Crippen molar-refractivity contribution in [1.29, 1.82) is 0 Å². The minimum Gasteiger partial charge on any atom is -0.309 e. The van der Waals surface area contributed by atoms with Gasteiger partial charge in [0.2, 0.25) is 0 Å². The Morgan fingerprint density at radius 2 is 1.67 bits per heavy atom. The van der Waals surface area contributed by atoms with E-state index in [-0.39, 0.29) is 5.91 Å². The second-order valence-corrected chi connectivity index (χ2v) is 5.64. The first-order valence-corrected chi connectivity index (χ1v) is 7.72.